The highest BCUT2D eigenvalue weighted by Gasteiger charge is 2.27. The van der Waals surface area contributed by atoms with Crippen molar-refractivity contribution in [1.29, 1.82) is 0 Å². The van der Waals surface area contributed by atoms with Gasteiger partial charge >= 0.3 is 0 Å². The van der Waals surface area contributed by atoms with Gasteiger partial charge in [0.15, 0.2) is 0 Å². The second-order valence-electron chi connectivity index (χ2n) is 7.15. The summed E-state index contributed by atoms with van der Waals surface area (Å²) in [6.45, 7) is 5.67. The van der Waals surface area contributed by atoms with Gasteiger partial charge in [0.25, 0.3) is 5.91 Å². The third kappa shape index (κ3) is 6.75. The van der Waals surface area contributed by atoms with Crippen molar-refractivity contribution in [1.82, 2.24) is 20.1 Å². The van der Waals surface area contributed by atoms with Gasteiger partial charge in [-0.2, -0.15) is 0 Å². The largest absolute Gasteiger partial charge is 0.382 e. The zero-order valence-corrected chi connectivity index (χ0v) is 20.0. The molecule has 10 nitrogen and oxygen atoms in total. The van der Waals surface area contributed by atoms with Crippen LogP contribution in [0.3, 0.4) is 0 Å². The lowest BCUT2D eigenvalue weighted by atomic mass is 9.97. The third-order valence-electron chi connectivity index (χ3n) is 5.11. The van der Waals surface area contributed by atoms with E-state index < -0.39 is 0 Å². The minimum absolute atomic E-state index is 0.00834. The van der Waals surface area contributed by atoms with Crippen molar-refractivity contribution in [2.24, 2.45) is 0 Å². The molecule has 32 heavy (non-hydrogen) atoms. The Morgan fingerprint density at radius 3 is 2.59 bits per heavy atom. The molecule has 0 bridgehead atoms. The molecule has 0 unspecified atom stereocenters. The smallest absolute Gasteiger partial charge is 0.279 e. The quantitative estimate of drug-likeness (QED) is 0.422. The number of likely N-dealkylation sites (tertiary alicyclic amines) is 1. The van der Waals surface area contributed by atoms with Crippen LogP contribution in [0, 0.1) is 0 Å². The monoisotopic (exact) mass is 483 g/mol. The fourth-order valence-electron chi connectivity index (χ4n) is 3.35. The Bertz CT molecular complexity index is 839. The molecule has 3 heterocycles. The number of nitrogens with zero attached hydrogens (tertiary/aromatic N) is 5. The van der Waals surface area contributed by atoms with Crippen LogP contribution in [0.25, 0.3) is 0 Å². The summed E-state index contributed by atoms with van der Waals surface area (Å²) in [7, 11) is 1.62. The number of hydrogen-bond acceptors (Lipinski definition) is 10. The van der Waals surface area contributed by atoms with Crippen molar-refractivity contribution in [3.63, 3.8) is 0 Å². The number of piperidine rings is 1. The Morgan fingerprint density at radius 1 is 1.16 bits per heavy atom. The second kappa shape index (κ2) is 12.9. The summed E-state index contributed by atoms with van der Waals surface area (Å²) in [6.07, 6.45) is 1.64. The number of rotatable bonds is 12. The first-order chi connectivity index (χ1) is 15.6. The summed E-state index contributed by atoms with van der Waals surface area (Å²) < 4.78 is 15.6. The molecule has 1 aliphatic heterocycles. The van der Waals surface area contributed by atoms with Crippen molar-refractivity contribution in [2.75, 3.05) is 64.7 Å². The molecule has 0 spiro atoms. The third-order valence-corrected chi connectivity index (χ3v) is 6.83. The van der Waals surface area contributed by atoms with Crippen LogP contribution < -0.4 is 4.90 Å². The number of aromatic nitrogens is 3. The lowest BCUT2D eigenvalue weighted by molar-refractivity contribution is -0.137. The van der Waals surface area contributed by atoms with Crippen LogP contribution in [0.4, 0.5) is 5.13 Å². The van der Waals surface area contributed by atoms with Gasteiger partial charge < -0.3 is 19.1 Å². The van der Waals surface area contributed by atoms with Crippen LogP contribution in [0.2, 0.25) is 0 Å². The molecule has 1 aliphatic rings. The summed E-state index contributed by atoms with van der Waals surface area (Å²) in [5.41, 5.74) is 2.04. The summed E-state index contributed by atoms with van der Waals surface area (Å²) >= 11 is 2.83. The van der Waals surface area contributed by atoms with E-state index in [2.05, 4.69) is 15.2 Å². The molecular formula is C20H29N5O5S2. The molecule has 3 rings (SSSR count). The molecule has 0 aromatic carbocycles. The Balaban J connectivity index is 1.42. The van der Waals surface area contributed by atoms with Gasteiger partial charge in [-0.3, -0.25) is 14.5 Å². The standard InChI is InChI=1S/C20H29N5O5S2/c1-3-25(20-23-21-14-32-20)19(27)16-13-31-18(22-16)15-4-6-24(7-5-15)17(26)12-30-11-10-29-9-8-28-2/h13-15H,3-12H2,1-2H3. The fraction of sp³-hybridized carbons (Fsp3) is 0.650. The van der Waals surface area contributed by atoms with Crippen LogP contribution in [-0.2, 0) is 19.0 Å². The van der Waals surface area contributed by atoms with E-state index in [0.717, 1.165) is 17.8 Å². The van der Waals surface area contributed by atoms with Crippen molar-refractivity contribution in [3.05, 3.63) is 21.6 Å². The van der Waals surface area contributed by atoms with Crippen LogP contribution in [0.5, 0.6) is 0 Å². The lowest BCUT2D eigenvalue weighted by Crippen LogP contribution is -2.40. The van der Waals surface area contributed by atoms with Gasteiger partial charge in [0, 0.05) is 38.0 Å². The number of ether oxygens (including phenoxy) is 3. The highest BCUT2D eigenvalue weighted by Crippen LogP contribution is 2.31. The Hall–Kier alpha value is -1.99. The average Bonchev–Trinajstić information content (AvgIpc) is 3.52. The summed E-state index contributed by atoms with van der Waals surface area (Å²) in [5.74, 6) is 0.0750. The molecule has 1 fully saturated rings. The molecule has 0 aliphatic carbocycles. The molecule has 0 radical (unpaired) electrons. The molecule has 1 saturated heterocycles. The number of thiazole rings is 1. The van der Waals surface area contributed by atoms with Gasteiger partial charge in [0.2, 0.25) is 11.0 Å². The maximum absolute atomic E-state index is 12.8. The first kappa shape index (κ1) is 24.6. The first-order valence-corrected chi connectivity index (χ1v) is 12.4. The topological polar surface area (TPSA) is 107 Å². The maximum atomic E-state index is 12.8. The minimum atomic E-state index is -0.164. The molecule has 176 valence electrons. The summed E-state index contributed by atoms with van der Waals surface area (Å²) in [4.78, 5) is 33.2. The van der Waals surface area contributed by atoms with Crippen LogP contribution in [-0.4, -0.2) is 91.7 Å². The van der Waals surface area contributed by atoms with Gasteiger partial charge in [-0.25, -0.2) is 4.98 Å². The fourth-order valence-corrected chi connectivity index (χ4v) is 4.94. The number of methoxy groups -OCH3 is 1. The van der Waals surface area contributed by atoms with Gasteiger partial charge in [-0.1, -0.05) is 11.3 Å². The second-order valence-corrected chi connectivity index (χ2v) is 8.86. The average molecular weight is 484 g/mol. The van der Waals surface area contributed by atoms with E-state index in [1.807, 2.05) is 11.8 Å². The first-order valence-electron chi connectivity index (χ1n) is 10.6. The molecule has 2 aromatic heterocycles. The van der Waals surface area contributed by atoms with Gasteiger partial charge in [0.05, 0.1) is 31.4 Å². The number of hydrogen-bond donors (Lipinski definition) is 0. The minimum Gasteiger partial charge on any atom is -0.382 e. The van der Waals surface area contributed by atoms with E-state index in [1.54, 1.807) is 22.9 Å². The van der Waals surface area contributed by atoms with Crippen molar-refractivity contribution >= 4 is 39.6 Å². The molecule has 0 N–H and O–H groups in total. The number of anilines is 1. The highest BCUT2D eigenvalue weighted by atomic mass is 32.1. The van der Waals surface area contributed by atoms with E-state index in [4.69, 9.17) is 14.2 Å². The number of amides is 2. The Morgan fingerprint density at radius 2 is 1.91 bits per heavy atom. The molecule has 0 saturated carbocycles. The summed E-state index contributed by atoms with van der Waals surface area (Å²) in [5, 5.41) is 11.1. The number of carbonyl (C=O) groups excluding carboxylic acids is 2. The molecular weight excluding hydrogens is 454 g/mol. The van der Waals surface area contributed by atoms with Crippen LogP contribution in [0.1, 0.15) is 41.2 Å². The maximum Gasteiger partial charge on any atom is 0.279 e. The molecule has 2 aromatic rings. The number of carbonyl (C=O) groups is 2. The highest BCUT2D eigenvalue weighted by molar-refractivity contribution is 7.13. The van der Waals surface area contributed by atoms with Crippen molar-refractivity contribution in [2.45, 2.75) is 25.7 Å². The predicted octanol–water partition coefficient (Wildman–Crippen LogP) is 2.05. The van der Waals surface area contributed by atoms with Crippen molar-refractivity contribution < 1.29 is 23.8 Å². The van der Waals surface area contributed by atoms with Crippen LogP contribution in [0.15, 0.2) is 10.9 Å². The van der Waals surface area contributed by atoms with E-state index >= 15 is 0 Å². The Labute approximate surface area is 195 Å². The van der Waals surface area contributed by atoms with Crippen LogP contribution >= 0.6 is 22.7 Å². The normalized spacial score (nSPS) is 14.6. The predicted molar refractivity (Wildman–Crippen MR) is 121 cm³/mol. The molecule has 2 amide bonds. The van der Waals surface area contributed by atoms with Gasteiger partial charge in [0.1, 0.15) is 17.8 Å². The van der Waals surface area contributed by atoms with E-state index in [0.29, 0.717) is 56.9 Å². The van der Waals surface area contributed by atoms with Gasteiger partial charge in [-0.15, -0.1) is 21.5 Å². The molecule has 12 heteroatoms. The van der Waals surface area contributed by atoms with E-state index in [1.165, 1.54) is 22.7 Å². The summed E-state index contributed by atoms with van der Waals surface area (Å²) in [6, 6.07) is 0. The van der Waals surface area contributed by atoms with E-state index in [9.17, 15) is 9.59 Å². The van der Waals surface area contributed by atoms with E-state index in [-0.39, 0.29) is 24.3 Å². The Kier molecular flexibility index (Phi) is 9.93. The van der Waals surface area contributed by atoms with Gasteiger partial charge in [-0.05, 0) is 19.8 Å². The zero-order chi connectivity index (χ0) is 22.8. The van der Waals surface area contributed by atoms with Crippen molar-refractivity contribution in [3.8, 4) is 0 Å². The SMILES string of the molecule is CCN(C(=O)c1csc(C2CCN(C(=O)COCCOCCOC)CC2)n1)c1nncs1. The zero-order valence-electron chi connectivity index (χ0n) is 18.4. The molecule has 0 atom stereocenters. The lowest BCUT2D eigenvalue weighted by Gasteiger charge is -2.31.